The quantitative estimate of drug-likeness (QED) is 0.783. The van der Waals surface area contributed by atoms with Crippen LogP contribution in [0.25, 0.3) is 0 Å². The normalized spacial score (nSPS) is 24.2. The molecule has 96 valence electrons. The molecule has 1 atom stereocenters. The summed E-state index contributed by atoms with van der Waals surface area (Å²) in [5.74, 6) is 0.879. The van der Waals surface area contributed by atoms with Crippen molar-refractivity contribution in [2.75, 3.05) is 13.1 Å². The second-order valence-corrected chi connectivity index (χ2v) is 14.5. The molecule has 0 amide bonds. The Labute approximate surface area is 105 Å². The lowest BCUT2D eigenvalue weighted by Crippen LogP contribution is -2.40. The Bertz CT molecular complexity index is 208. The molecule has 0 aromatic carbocycles. The summed E-state index contributed by atoms with van der Waals surface area (Å²) in [7, 11) is -1.74. The van der Waals surface area contributed by atoms with Crippen molar-refractivity contribution in [3.63, 3.8) is 0 Å². The molecule has 1 rings (SSSR count). The van der Waals surface area contributed by atoms with Gasteiger partial charge in [-0.3, -0.25) is 0 Å². The average molecular weight is 260 g/mol. The van der Waals surface area contributed by atoms with E-state index in [1.165, 1.54) is 32.0 Å². The number of hydrogen-bond acceptors (Lipinski definition) is 2. The zero-order valence-electron chi connectivity index (χ0n) is 11.7. The summed E-state index contributed by atoms with van der Waals surface area (Å²) < 4.78 is 6.35. The van der Waals surface area contributed by atoms with Gasteiger partial charge in [0.15, 0.2) is 18.1 Å². The van der Waals surface area contributed by atoms with Crippen molar-refractivity contribution in [3.05, 3.63) is 0 Å². The van der Waals surface area contributed by atoms with Crippen LogP contribution in [-0.2, 0) is 4.12 Å². The molecule has 0 saturated carbocycles. The summed E-state index contributed by atoms with van der Waals surface area (Å²) in [6.07, 6.45) is 2.76. The SMILES string of the molecule is CC(C)(C)[SiH2]O[Si](C)(C)C[C@@H]1CCCNC1. The maximum atomic E-state index is 6.35. The third kappa shape index (κ3) is 6.18. The van der Waals surface area contributed by atoms with Crippen molar-refractivity contribution >= 4 is 18.1 Å². The van der Waals surface area contributed by atoms with Crippen LogP contribution in [0.5, 0.6) is 0 Å². The van der Waals surface area contributed by atoms with Gasteiger partial charge in [-0.25, -0.2) is 0 Å². The lowest BCUT2D eigenvalue weighted by Gasteiger charge is -2.33. The summed E-state index contributed by atoms with van der Waals surface area (Å²) in [6.45, 7) is 14.2. The third-order valence-electron chi connectivity index (χ3n) is 3.08. The van der Waals surface area contributed by atoms with Gasteiger partial charge in [0.1, 0.15) is 0 Å². The van der Waals surface area contributed by atoms with E-state index >= 15 is 0 Å². The van der Waals surface area contributed by atoms with Crippen LogP contribution in [0.2, 0.25) is 24.2 Å². The Balaban J connectivity index is 2.32. The van der Waals surface area contributed by atoms with E-state index < -0.39 is 8.32 Å². The number of rotatable bonds is 4. The van der Waals surface area contributed by atoms with Gasteiger partial charge in [0.25, 0.3) is 0 Å². The second kappa shape index (κ2) is 5.80. The molecule has 16 heavy (non-hydrogen) atoms. The van der Waals surface area contributed by atoms with Gasteiger partial charge in [0.2, 0.25) is 0 Å². The van der Waals surface area contributed by atoms with Gasteiger partial charge in [-0.05, 0) is 56.0 Å². The lowest BCUT2D eigenvalue weighted by atomic mass is 10.0. The Morgan fingerprint density at radius 2 is 2.06 bits per heavy atom. The molecule has 2 nitrogen and oxygen atoms in total. The van der Waals surface area contributed by atoms with Gasteiger partial charge in [0, 0.05) is 0 Å². The van der Waals surface area contributed by atoms with Crippen LogP contribution >= 0.6 is 0 Å². The molecule has 0 aromatic rings. The highest BCUT2D eigenvalue weighted by Gasteiger charge is 2.29. The molecule has 1 aliphatic rings. The summed E-state index contributed by atoms with van der Waals surface area (Å²) in [5, 5.41) is 3.95. The predicted octanol–water partition coefficient (Wildman–Crippen LogP) is 2.51. The van der Waals surface area contributed by atoms with Gasteiger partial charge in [-0.1, -0.05) is 20.8 Å². The predicted molar refractivity (Wildman–Crippen MR) is 77.2 cm³/mol. The fourth-order valence-corrected chi connectivity index (χ4v) is 7.77. The number of nitrogens with one attached hydrogen (secondary N) is 1. The van der Waals surface area contributed by atoms with Gasteiger partial charge < -0.3 is 9.43 Å². The van der Waals surface area contributed by atoms with Gasteiger partial charge in [0.05, 0.1) is 0 Å². The minimum Gasteiger partial charge on any atom is -0.460 e. The largest absolute Gasteiger partial charge is 0.460 e. The topological polar surface area (TPSA) is 21.3 Å². The van der Waals surface area contributed by atoms with Crippen LogP contribution in [-0.4, -0.2) is 31.2 Å². The molecule has 4 heteroatoms. The molecule has 0 spiro atoms. The first-order valence-corrected chi connectivity index (χ1v) is 11.0. The van der Waals surface area contributed by atoms with Crippen LogP contribution in [0.1, 0.15) is 33.6 Å². The highest BCUT2D eigenvalue weighted by Crippen LogP contribution is 2.27. The summed E-state index contributed by atoms with van der Waals surface area (Å²) in [5.41, 5.74) is 0. The summed E-state index contributed by atoms with van der Waals surface area (Å²) in [6, 6.07) is 1.35. The van der Waals surface area contributed by atoms with Crippen molar-refractivity contribution in [1.82, 2.24) is 5.32 Å². The first kappa shape index (κ1) is 14.4. The van der Waals surface area contributed by atoms with Crippen molar-refractivity contribution in [1.29, 1.82) is 0 Å². The van der Waals surface area contributed by atoms with Crippen molar-refractivity contribution in [2.45, 2.75) is 57.8 Å². The lowest BCUT2D eigenvalue weighted by molar-refractivity contribution is 0.389. The summed E-state index contributed by atoms with van der Waals surface area (Å²) >= 11 is 0. The first-order valence-electron chi connectivity index (χ1n) is 6.63. The fourth-order valence-electron chi connectivity index (χ4n) is 2.26. The van der Waals surface area contributed by atoms with E-state index in [4.69, 9.17) is 4.12 Å². The smallest absolute Gasteiger partial charge is 0.173 e. The molecule has 1 saturated heterocycles. The van der Waals surface area contributed by atoms with Crippen LogP contribution in [0.3, 0.4) is 0 Å². The molecule has 0 unspecified atom stereocenters. The highest BCUT2D eigenvalue weighted by molar-refractivity contribution is 6.75. The standard InChI is InChI=1S/C12H29NOSi2/c1-12(2,3)15-14-16(4,5)10-11-7-6-8-13-9-11/h11,13H,6-10,15H2,1-5H3/t11-/m1/s1. The van der Waals surface area contributed by atoms with E-state index in [-0.39, 0.29) is 9.76 Å². The third-order valence-corrected chi connectivity index (χ3v) is 9.20. The fraction of sp³-hybridized carbons (Fsp3) is 1.00. The van der Waals surface area contributed by atoms with E-state index in [0.29, 0.717) is 5.04 Å². The molecule has 1 N–H and O–H groups in total. The summed E-state index contributed by atoms with van der Waals surface area (Å²) in [4.78, 5) is 0. The number of hydrogen-bond donors (Lipinski definition) is 1. The van der Waals surface area contributed by atoms with E-state index in [1.54, 1.807) is 0 Å². The van der Waals surface area contributed by atoms with Gasteiger partial charge >= 0.3 is 0 Å². The maximum absolute atomic E-state index is 6.35. The molecule has 0 aliphatic carbocycles. The monoisotopic (exact) mass is 259 g/mol. The van der Waals surface area contributed by atoms with Crippen molar-refractivity contribution in [2.24, 2.45) is 5.92 Å². The van der Waals surface area contributed by atoms with E-state index in [2.05, 4.69) is 39.2 Å². The molecule has 1 aliphatic heterocycles. The van der Waals surface area contributed by atoms with Gasteiger partial charge in [-0.2, -0.15) is 0 Å². The Morgan fingerprint density at radius 1 is 1.38 bits per heavy atom. The second-order valence-electron chi connectivity index (χ2n) is 7.03. The van der Waals surface area contributed by atoms with Crippen LogP contribution in [0.4, 0.5) is 0 Å². The van der Waals surface area contributed by atoms with E-state index in [0.717, 1.165) is 5.92 Å². The molecule has 1 heterocycles. The molecular weight excluding hydrogens is 230 g/mol. The van der Waals surface area contributed by atoms with Crippen LogP contribution in [0.15, 0.2) is 0 Å². The van der Waals surface area contributed by atoms with Crippen molar-refractivity contribution in [3.8, 4) is 0 Å². The molecular formula is C12H29NOSi2. The van der Waals surface area contributed by atoms with Gasteiger partial charge in [-0.15, -0.1) is 0 Å². The first-order chi connectivity index (χ1) is 7.29. The molecule has 1 fully saturated rings. The average Bonchev–Trinajstić information content (AvgIpc) is 2.15. The zero-order valence-corrected chi connectivity index (χ0v) is 14.1. The zero-order chi connectivity index (χ0) is 12.2. The Morgan fingerprint density at radius 3 is 2.56 bits per heavy atom. The minimum absolute atomic E-state index is 0.360. The minimum atomic E-state index is -1.38. The number of piperidine rings is 1. The molecule has 0 bridgehead atoms. The molecule has 0 aromatic heterocycles. The Kier molecular flexibility index (Phi) is 5.23. The van der Waals surface area contributed by atoms with E-state index in [9.17, 15) is 0 Å². The Hall–Kier alpha value is 0.354. The molecule has 0 radical (unpaired) electrons. The van der Waals surface area contributed by atoms with Crippen molar-refractivity contribution < 1.29 is 4.12 Å². The maximum Gasteiger partial charge on any atom is 0.173 e. The van der Waals surface area contributed by atoms with E-state index in [1.807, 2.05) is 0 Å². The van der Waals surface area contributed by atoms with Crippen LogP contribution < -0.4 is 5.32 Å². The highest BCUT2D eigenvalue weighted by atomic mass is 28.4. The van der Waals surface area contributed by atoms with Crippen LogP contribution in [0, 0.1) is 5.92 Å².